The minimum Gasteiger partial charge on any atom is -0.494 e. The Hall–Kier alpha value is -2.31. The summed E-state index contributed by atoms with van der Waals surface area (Å²) in [6.07, 6.45) is 1.67. The van der Waals surface area contributed by atoms with Crippen LogP contribution in [-0.4, -0.2) is 33.6 Å². The topological polar surface area (TPSA) is 69.9 Å². The standard InChI is InChI=1S/C9H7FN4O2/c1-16-8-3-2-7(6(4-15)9(8)10)14-5-11-12-13-14/h2-5H,1H3. The Morgan fingerprint density at radius 2 is 2.31 bits per heavy atom. The van der Waals surface area contributed by atoms with Crippen LogP contribution in [0.1, 0.15) is 10.4 Å². The van der Waals surface area contributed by atoms with Crippen molar-refractivity contribution in [2.45, 2.75) is 0 Å². The van der Waals surface area contributed by atoms with Crippen LogP contribution < -0.4 is 4.74 Å². The molecule has 1 aromatic heterocycles. The molecule has 0 fully saturated rings. The monoisotopic (exact) mass is 222 g/mol. The highest BCUT2D eigenvalue weighted by Gasteiger charge is 2.15. The molecule has 0 atom stereocenters. The fourth-order valence-corrected chi connectivity index (χ4v) is 1.30. The molecule has 1 aromatic carbocycles. The highest BCUT2D eigenvalue weighted by atomic mass is 19.1. The number of halogens is 1. The van der Waals surface area contributed by atoms with E-state index in [4.69, 9.17) is 4.74 Å². The highest BCUT2D eigenvalue weighted by molar-refractivity contribution is 5.82. The molecule has 0 saturated heterocycles. The van der Waals surface area contributed by atoms with E-state index in [9.17, 15) is 9.18 Å². The highest BCUT2D eigenvalue weighted by Crippen LogP contribution is 2.24. The first-order valence-electron chi connectivity index (χ1n) is 4.33. The number of hydrogen-bond acceptors (Lipinski definition) is 5. The maximum Gasteiger partial charge on any atom is 0.177 e. The number of carbonyl (C=O) groups excluding carboxylic acids is 1. The van der Waals surface area contributed by atoms with Crippen molar-refractivity contribution in [2.24, 2.45) is 0 Å². The molecule has 0 aliphatic carbocycles. The Morgan fingerprint density at radius 3 is 2.88 bits per heavy atom. The average molecular weight is 222 g/mol. The minimum absolute atomic E-state index is 0.000996. The van der Waals surface area contributed by atoms with Crippen LogP contribution in [-0.2, 0) is 0 Å². The minimum atomic E-state index is -0.731. The Bertz CT molecular complexity index is 512. The lowest BCUT2D eigenvalue weighted by atomic mass is 10.1. The first-order chi connectivity index (χ1) is 7.77. The maximum atomic E-state index is 13.7. The number of tetrazole rings is 1. The van der Waals surface area contributed by atoms with Gasteiger partial charge in [0, 0.05) is 0 Å². The fourth-order valence-electron chi connectivity index (χ4n) is 1.30. The normalized spacial score (nSPS) is 10.1. The number of rotatable bonds is 3. The molecule has 0 aliphatic rings. The van der Waals surface area contributed by atoms with Gasteiger partial charge in [0.05, 0.1) is 18.4 Å². The Morgan fingerprint density at radius 1 is 1.50 bits per heavy atom. The van der Waals surface area contributed by atoms with Crippen LogP contribution in [0.5, 0.6) is 5.75 Å². The van der Waals surface area contributed by atoms with Crippen molar-refractivity contribution >= 4 is 6.29 Å². The van der Waals surface area contributed by atoms with Crippen LogP contribution in [0, 0.1) is 5.82 Å². The fraction of sp³-hybridized carbons (Fsp3) is 0.111. The second-order valence-electron chi connectivity index (χ2n) is 2.89. The smallest absolute Gasteiger partial charge is 0.177 e. The molecule has 0 spiro atoms. The molecule has 6 nitrogen and oxygen atoms in total. The molecule has 0 saturated carbocycles. The number of methoxy groups -OCH3 is 1. The number of benzene rings is 1. The largest absolute Gasteiger partial charge is 0.494 e. The van der Waals surface area contributed by atoms with Crippen LogP contribution in [0.3, 0.4) is 0 Å². The lowest BCUT2D eigenvalue weighted by Gasteiger charge is -2.07. The zero-order valence-corrected chi connectivity index (χ0v) is 8.29. The number of aromatic nitrogens is 4. The van der Waals surface area contributed by atoms with E-state index < -0.39 is 5.82 Å². The third-order valence-electron chi connectivity index (χ3n) is 2.05. The van der Waals surface area contributed by atoms with Gasteiger partial charge in [-0.3, -0.25) is 4.79 Å². The molecule has 2 rings (SSSR count). The number of hydrogen-bond donors (Lipinski definition) is 0. The van der Waals surface area contributed by atoms with Gasteiger partial charge in [-0.2, -0.15) is 4.68 Å². The molecule has 7 heteroatoms. The average Bonchev–Trinajstić information content (AvgIpc) is 2.82. The van der Waals surface area contributed by atoms with Crippen molar-refractivity contribution in [3.8, 4) is 11.4 Å². The summed E-state index contributed by atoms with van der Waals surface area (Å²) < 4.78 is 19.7. The molecule has 0 aliphatic heterocycles. The van der Waals surface area contributed by atoms with Gasteiger partial charge in [0.25, 0.3) is 0 Å². The van der Waals surface area contributed by atoms with Crippen LogP contribution >= 0.6 is 0 Å². The first kappa shape index (κ1) is 10.2. The van der Waals surface area contributed by atoms with Gasteiger partial charge in [-0.25, -0.2) is 4.39 Å². The predicted octanol–water partition coefficient (Wildman–Crippen LogP) is 0.622. The molecule has 82 valence electrons. The lowest BCUT2D eigenvalue weighted by molar-refractivity contribution is 0.111. The summed E-state index contributed by atoms with van der Waals surface area (Å²) in [6, 6.07) is 2.90. The summed E-state index contributed by atoms with van der Waals surface area (Å²) in [4.78, 5) is 10.8. The molecule has 2 aromatic rings. The van der Waals surface area contributed by atoms with Gasteiger partial charge in [-0.15, -0.1) is 5.10 Å². The molecule has 16 heavy (non-hydrogen) atoms. The van der Waals surface area contributed by atoms with Gasteiger partial charge >= 0.3 is 0 Å². The zero-order chi connectivity index (χ0) is 11.5. The van der Waals surface area contributed by atoms with Crippen molar-refractivity contribution in [2.75, 3.05) is 7.11 Å². The molecule has 0 bridgehead atoms. The van der Waals surface area contributed by atoms with Crippen molar-refractivity contribution < 1.29 is 13.9 Å². The first-order valence-corrected chi connectivity index (χ1v) is 4.33. The van der Waals surface area contributed by atoms with E-state index in [1.807, 2.05) is 0 Å². The lowest BCUT2D eigenvalue weighted by Crippen LogP contribution is -2.04. The van der Waals surface area contributed by atoms with Crippen molar-refractivity contribution in [1.82, 2.24) is 20.2 Å². The quantitative estimate of drug-likeness (QED) is 0.712. The predicted molar refractivity (Wildman–Crippen MR) is 51.1 cm³/mol. The van der Waals surface area contributed by atoms with E-state index >= 15 is 0 Å². The van der Waals surface area contributed by atoms with Crippen LogP contribution in [0.25, 0.3) is 5.69 Å². The molecular formula is C9H7FN4O2. The summed E-state index contributed by atoms with van der Waals surface area (Å²) in [7, 11) is 1.32. The van der Waals surface area contributed by atoms with Gasteiger partial charge in [-0.1, -0.05) is 0 Å². The van der Waals surface area contributed by atoms with Crippen molar-refractivity contribution in [3.63, 3.8) is 0 Å². The second-order valence-corrected chi connectivity index (χ2v) is 2.89. The third kappa shape index (κ3) is 1.52. The van der Waals surface area contributed by atoms with Crippen molar-refractivity contribution in [3.05, 3.63) is 29.8 Å². The zero-order valence-electron chi connectivity index (χ0n) is 8.29. The summed E-state index contributed by atoms with van der Waals surface area (Å²) >= 11 is 0. The molecular weight excluding hydrogens is 215 g/mol. The van der Waals surface area contributed by atoms with E-state index in [0.29, 0.717) is 6.29 Å². The summed E-state index contributed by atoms with van der Waals surface area (Å²) in [5.41, 5.74) is 0.116. The number of nitrogens with zero attached hydrogens (tertiary/aromatic N) is 4. The summed E-state index contributed by atoms with van der Waals surface area (Å²) in [6.45, 7) is 0. The summed E-state index contributed by atoms with van der Waals surface area (Å²) in [5.74, 6) is -0.732. The van der Waals surface area contributed by atoms with Gasteiger partial charge in [0.1, 0.15) is 6.33 Å². The third-order valence-corrected chi connectivity index (χ3v) is 2.05. The summed E-state index contributed by atoms with van der Waals surface area (Å²) in [5, 5.41) is 10.4. The van der Waals surface area contributed by atoms with E-state index in [1.54, 1.807) is 0 Å². The van der Waals surface area contributed by atoms with Gasteiger partial charge in [0.15, 0.2) is 17.9 Å². The van der Waals surface area contributed by atoms with E-state index in [0.717, 1.165) is 0 Å². The SMILES string of the molecule is COc1ccc(-n2cnnn2)c(C=O)c1F. The van der Waals surface area contributed by atoms with Gasteiger partial charge in [0.2, 0.25) is 0 Å². The maximum absolute atomic E-state index is 13.7. The van der Waals surface area contributed by atoms with Crippen LogP contribution in [0.2, 0.25) is 0 Å². The Balaban J connectivity index is 2.64. The van der Waals surface area contributed by atoms with Crippen LogP contribution in [0.4, 0.5) is 4.39 Å². The molecule has 0 amide bonds. The van der Waals surface area contributed by atoms with E-state index in [1.165, 1.54) is 30.3 Å². The van der Waals surface area contributed by atoms with Crippen LogP contribution in [0.15, 0.2) is 18.5 Å². The molecule has 0 radical (unpaired) electrons. The second kappa shape index (κ2) is 4.05. The van der Waals surface area contributed by atoms with E-state index in [2.05, 4.69) is 15.5 Å². The van der Waals surface area contributed by atoms with Crippen molar-refractivity contribution in [1.29, 1.82) is 0 Å². The number of ether oxygens (including phenoxy) is 1. The van der Waals surface area contributed by atoms with Gasteiger partial charge in [-0.05, 0) is 22.6 Å². The molecule has 0 unspecified atom stereocenters. The molecule has 1 heterocycles. The number of aldehydes is 1. The Kier molecular flexibility index (Phi) is 2.59. The molecule has 0 N–H and O–H groups in total. The van der Waals surface area contributed by atoms with E-state index in [-0.39, 0.29) is 17.0 Å². The number of carbonyl (C=O) groups is 1. The van der Waals surface area contributed by atoms with Gasteiger partial charge < -0.3 is 4.74 Å². The Labute approximate surface area is 89.6 Å².